The molecule has 1 saturated heterocycles. The Balaban J connectivity index is 1.26. The zero-order valence-corrected chi connectivity index (χ0v) is 19.4. The molecule has 3 aliphatic rings. The van der Waals surface area contributed by atoms with Crippen LogP contribution in [0.1, 0.15) is 6.92 Å². The minimum Gasteiger partial charge on any atom is -0.492 e. The van der Waals surface area contributed by atoms with Crippen molar-refractivity contribution in [1.82, 2.24) is 20.1 Å². The molecule has 1 N–H and O–H groups in total. The first kappa shape index (κ1) is 22.4. The molecule has 3 aliphatic heterocycles. The number of carbonyl (C=O) groups excluding carboxylic acids is 1. The van der Waals surface area contributed by atoms with Gasteiger partial charge >= 0.3 is 0 Å². The van der Waals surface area contributed by atoms with E-state index in [1.165, 1.54) is 0 Å². The predicted octanol–water partition coefficient (Wildman–Crippen LogP) is 1.95. The Hall–Kier alpha value is -3.43. The molecule has 0 radical (unpaired) electrons. The van der Waals surface area contributed by atoms with Gasteiger partial charge in [-0.3, -0.25) is 19.7 Å². The molecule has 1 fully saturated rings. The lowest BCUT2D eigenvalue weighted by Gasteiger charge is -2.26. The monoisotopic (exact) mass is 463 g/mol. The van der Waals surface area contributed by atoms with E-state index in [2.05, 4.69) is 20.2 Å². The number of amides is 1. The molecular weight excluding hydrogens is 434 g/mol. The van der Waals surface area contributed by atoms with Crippen molar-refractivity contribution >= 4 is 22.6 Å². The number of nitrogens with one attached hydrogen (secondary N) is 1. The number of morpholine rings is 1. The van der Waals surface area contributed by atoms with Crippen molar-refractivity contribution in [1.29, 1.82) is 0 Å². The summed E-state index contributed by atoms with van der Waals surface area (Å²) < 4.78 is 17.6. The Morgan fingerprint density at radius 1 is 1.26 bits per heavy atom. The maximum atomic E-state index is 12.2. The van der Waals surface area contributed by atoms with Crippen molar-refractivity contribution in [2.24, 2.45) is 4.99 Å². The molecule has 2 aromatic rings. The topological polar surface area (TPSA) is 88.5 Å². The van der Waals surface area contributed by atoms with Crippen molar-refractivity contribution in [2.45, 2.75) is 19.0 Å². The van der Waals surface area contributed by atoms with Crippen molar-refractivity contribution < 1.29 is 19.0 Å². The van der Waals surface area contributed by atoms with Crippen LogP contribution >= 0.6 is 0 Å². The van der Waals surface area contributed by atoms with Crippen LogP contribution in [-0.4, -0.2) is 85.1 Å². The van der Waals surface area contributed by atoms with E-state index in [1.807, 2.05) is 54.4 Å². The second kappa shape index (κ2) is 9.82. The van der Waals surface area contributed by atoms with Gasteiger partial charge in [0.1, 0.15) is 35.7 Å². The Bertz CT molecular complexity index is 1160. The highest BCUT2D eigenvalue weighted by Crippen LogP contribution is 2.30. The molecule has 1 amide bonds. The zero-order chi connectivity index (χ0) is 23.5. The van der Waals surface area contributed by atoms with Gasteiger partial charge in [0.05, 0.1) is 24.8 Å². The number of allylic oxidation sites excluding steroid dienone is 1. The molecule has 0 aliphatic carbocycles. The first-order valence-electron chi connectivity index (χ1n) is 11.6. The second-order valence-electron chi connectivity index (χ2n) is 8.45. The van der Waals surface area contributed by atoms with Gasteiger partial charge in [-0.25, -0.2) is 0 Å². The third kappa shape index (κ3) is 4.62. The van der Waals surface area contributed by atoms with E-state index in [0.29, 0.717) is 24.0 Å². The number of fused-ring (bicyclic) bond motifs is 2. The summed E-state index contributed by atoms with van der Waals surface area (Å²) in [6.07, 6.45) is 7.28. The number of hydrogen-bond acceptors (Lipinski definition) is 8. The molecule has 5 rings (SSSR count). The van der Waals surface area contributed by atoms with E-state index in [9.17, 15) is 4.79 Å². The minimum absolute atomic E-state index is 0.0586. The molecule has 178 valence electrons. The fourth-order valence-corrected chi connectivity index (χ4v) is 4.41. The zero-order valence-electron chi connectivity index (χ0n) is 19.4. The molecule has 1 aromatic carbocycles. The Labute approximate surface area is 198 Å². The van der Waals surface area contributed by atoms with Gasteiger partial charge in [-0.15, -0.1) is 0 Å². The van der Waals surface area contributed by atoms with Crippen molar-refractivity contribution in [3.8, 4) is 11.5 Å². The van der Waals surface area contributed by atoms with Gasteiger partial charge in [0.2, 0.25) is 5.91 Å². The first-order chi connectivity index (χ1) is 16.6. The van der Waals surface area contributed by atoms with Crippen LogP contribution in [-0.2, 0) is 9.53 Å². The van der Waals surface area contributed by atoms with E-state index < -0.39 is 0 Å². The maximum absolute atomic E-state index is 12.2. The van der Waals surface area contributed by atoms with Crippen LogP contribution in [0.15, 0.2) is 59.6 Å². The number of amidine groups is 1. The third-order valence-corrected chi connectivity index (χ3v) is 6.22. The molecular formula is C25H29N5O4. The summed E-state index contributed by atoms with van der Waals surface area (Å²) in [4.78, 5) is 25.6. The number of hydrogen-bond donors (Lipinski definition) is 1. The third-order valence-electron chi connectivity index (χ3n) is 6.22. The normalized spacial score (nSPS) is 22.2. The number of rotatable bonds is 7. The van der Waals surface area contributed by atoms with Crippen molar-refractivity contribution in [2.75, 3.05) is 46.5 Å². The fourth-order valence-electron chi connectivity index (χ4n) is 4.41. The SMILES string of the molecule is CNC(=O)C1C(C)N=C2C=C(Oc3ccnc4cc(OCCN5CCOCC5)ccc34)C=CN21. The van der Waals surface area contributed by atoms with Crippen LogP contribution in [0.4, 0.5) is 0 Å². The van der Waals surface area contributed by atoms with Crippen LogP contribution in [0, 0.1) is 0 Å². The van der Waals surface area contributed by atoms with Gasteiger partial charge in [-0.1, -0.05) is 0 Å². The summed E-state index contributed by atoms with van der Waals surface area (Å²) in [6, 6.07) is 7.20. The second-order valence-corrected chi connectivity index (χ2v) is 8.45. The van der Waals surface area contributed by atoms with E-state index >= 15 is 0 Å². The largest absolute Gasteiger partial charge is 0.492 e. The lowest BCUT2D eigenvalue weighted by Crippen LogP contribution is -2.46. The number of ether oxygens (including phenoxy) is 3. The van der Waals surface area contributed by atoms with E-state index in [0.717, 1.165) is 49.5 Å². The molecule has 4 heterocycles. The highest BCUT2D eigenvalue weighted by molar-refractivity contribution is 6.01. The molecule has 34 heavy (non-hydrogen) atoms. The molecule has 0 saturated carbocycles. The number of carbonyl (C=O) groups is 1. The molecule has 1 aromatic heterocycles. The van der Waals surface area contributed by atoms with Crippen LogP contribution in [0.3, 0.4) is 0 Å². The van der Waals surface area contributed by atoms with Gasteiger partial charge in [0.25, 0.3) is 0 Å². The van der Waals surface area contributed by atoms with Crippen LogP contribution in [0.2, 0.25) is 0 Å². The van der Waals surface area contributed by atoms with Gasteiger partial charge in [0.15, 0.2) is 0 Å². The summed E-state index contributed by atoms with van der Waals surface area (Å²) in [5, 5.41) is 3.60. The molecule has 0 spiro atoms. The van der Waals surface area contributed by atoms with Gasteiger partial charge < -0.3 is 24.4 Å². The molecule has 9 heteroatoms. The summed E-state index contributed by atoms with van der Waals surface area (Å²) in [7, 11) is 1.64. The summed E-state index contributed by atoms with van der Waals surface area (Å²) in [5.74, 6) is 2.79. The molecule has 9 nitrogen and oxygen atoms in total. The smallest absolute Gasteiger partial charge is 0.245 e. The lowest BCUT2D eigenvalue weighted by molar-refractivity contribution is -0.124. The number of nitrogens with zero attached hydrogens (tertiary/aromatic N) is 4. The quantitative estimate of drug-likeness (QED) is 0.672. The standard InChI is InChI=1S/C25H29N5O4/c1-17-24(25(31)26-2)30-8-6-19(16-23(30)28-17)34-22-5-7-27-21-15-18(3-4-20(21)22)33-14-11-29-9-12-32-13-10-29/h3-8,15-17,24H,9-14H2,1-2H3,(H,26,31). The Kier molecular flexibility index (Phi) is 6.46. The first-order valence-corrected chi connectivity index (χ1v) is 11.6. The van der Waals surface area contributed by atoms with E-state index in [-0.39, 0.29) is 18.0 Å². The average Bonchev–Trinajstić information content (AvgIpc) is 3.19. The van der Waals surface area contributed by atoms with E-state index in [1.54, 1.807) is 13.2 Å². The highest BCUT2D eigenvalue weighted by atomic mass is 16.5. The van der Waals surface area contributed by atoms with Crippen LogP contribution in [0.5, 0.6) is 11.5 Å². The number of aromatic nitrogens is 1. The number of likely N-dealkylation sites (N-methyl/N-ethyl adjacent to an activating group) is 1. The number of pyridine rings is 1. The minimum atomic E-state index is -0.350. The lowest BCUT2D eigenvalue weighted by atomic mass is 10.1. The summed E-state index contributed by atoms with van der Waals surface area (Å²) in [6.45, 7) is 6.89. The van der Waals surface area contributed by atoms with Crippen LogP contribution in [0.25, 0.3) is 10.9 Å². The van der Waals surface area contributed by atoms with Crippen molar-refractivity contribution in [3.63, 3.8) is 0 Å². The predicted molar refractivity (Wildman–Crippen MR) is 129 cm³/mol. The van der Waals surface area contributed by atoms with Gasteiger partial charge in [0, 0.05) is 56.6 Å². The van der Waals surface area contributed by atoms with Gasteiger partial charge in [-0.2, -0.15) is 0 Å². The summed E-state index contributed by atoms with van der Waals surface area (Å²) >= 11 is 0. The van der Waals surface area contributed by atoms with Crippen molar-refractivity contribution in [3.05, 3.63) is 54.6 Å². The average molecular weight is 464 g/mol. The van der Waals surface area contributed by atoms with Gasteiger partial charge in [-0.05, 0) is 31.2 Å². The molecule has 2 unspecified atom stereocenters. The number of benzene rings is 1. The highest BCUT2D eigenvalue weighted by Gasteiger charge is 2.37. The number of aliphatic imine (C=N–C) groups is 1. The Morgan fingerprint density at radius 2 is 2.12 bits per heavy atom. The van der Waals surface area contributed by atoms with Crippen LogP contribution < -0.4 is 14.8 Å². The maximum Gasteiger partial charge on any atom is 0.245 e. The fraction of sp³-hybridized carbons (Fsp3) is 0.400. The summed E-state index contributed by atoms with van der Waals surface area (Å²) in [5.41, 5.74) is 0.801. The molecule has 0 bridgehead atoms. The Morgan fingerprint density at radius 3 is 2.94 bits per heavy atom. The molecule has 2 atom stereocenters. The van der Waals surface area contributed by atoms with E-state index in [4.69, 9.17) is 14.2 Å².